The molecule has 25 heteroatoms. The molecule has 0 amide bonds. The molecule has 0 unspecified atom stereocenters. The summed E-state index contributed by atoms with van der Waals surface area (Å²) >= 11 is 0. The largest absolute Gasteiger partial charge is 0.478 e. The molecule has 72 heavy (non-hydrogen) atoms. The molecule has 0 radical (unpaired) electrons. The molecule has 0 bridgehead atoms. The predicted molar refractivity (Wildman–Crippen MR) is 212 cm³/mol. The van der Waals surface area contributed by atoms with Crippen molar-refractivity contribution in [1.82, 2.24) is 0 Å². The van der Waals surface area contributed by atoms with Gasteiger partial charge in [0.2, 0.25) is 0 Å². The average molecular weight is 1040 g/mol. The van der Waals surface area contributed by atoms with Crippen molar-refractivity contribution in [2.75, 3.05) is 0 Å². The van der Waals surface area contributed by atoms with Crippen LogP contribution in [0.15, 0.2) is 91.1 Å². The Bertz CT molecular complexity index is 3140. The molecule has 0 aliphatic rings. The van der Waals surface area contributed by atoms with Crippen LogP contribution in [0.5, 0.6) is 11.6 Å². The first-order valence-corrected chi connectivity index (χ1v) is 19.6. The Balaban J connectivity index is 0.000000238. The van der Waals surface area contributed by atoms with E-state index in [0.29, 0.717) is 18.2 Å². The molecule has 0 atom stereocenters. The summed E-state index contributed by atoms with van der Waals surface area (Å²) < 4.78 is 302. The van der Waals surface area contributed by atoms with Gasteiger partial charge >= 0.3 is 11.8 Å². The molecule has 0 saturated heterocycles. The van der Waals surface area contributed by atoms with Crippen LogP contribution in [-0.2, 0) is 6.54 Å². The van der Waals surface area contributed by atoms with Gasteiger partial charge in [0.05, 0.1) is 10.9 Å². The summed E-state index contributed by atoms with van der Waals surface area (Å²) in [6.07, 6.45) is -5.23. The fourth-order valence-corrected chi connectivity index (χ4v) is 7.93. The first kappa shape index (κ1) is 51.7. The van der Waals surface area contributed by atoms with Gasteiger partial charge in [0.15, 0.2) is 82.5 Å². The van der Waals surface area contributed by atoms with Crippen LogP contribution in [0.4, 0.5) is 87.8 Å². The van der Waals surface area contributed by atoms with E-state index in [1.807, 2.05) is 53.2 Å². The SMILES string of the molecule is Fc1c(F)c(F)c([B-](c2c(F)c(F)c(F)c(F)c2F)(c2c(F)c(F)c(F)c(F)c2F)c2c(F)c(F)c(F)c(F)c2F)c(F)c1F.O=C(O)c1cccc(Oc2c3ccccc3cc[n+]2Cc2ccccc2)c1. The molecule has 1 N–H and O–H groups in total. The number of halogens is 20. The third kappa shape index (κ3) is 8.34. The average Bonchev–Trinajstić information content (AvgIpc) is 3.37. The number of nitrogens with zero attached hydrogens (tertiary/aromatic N) is 1. The molecule has 372 valence electrons. The molecule has 7 aromatic carbocycles. The van der Waals surface area contributed by atoms with E-state index in [1.165, 1.54) is 6.07 Å². The van der Waals surface area contributed by atoms with Gasteiger partial charge in [-0.05, 0) is 29.7 Å². The third-order valence-corrected chi connectivity index (χ3v) is 11.1. The highest BCUT2D eigenvalue weighted by atomic mass is 19.2. The smallest absolute Gasteiger partial charge is 0.381 e. The lowest BCUT2D eigenvalue weighted by Crippen LogP contribution is -2.81. The Hall–Kier alpha value is -8.12. The number of ether oxygens (including phenoxy) is 1. The molecular formula is C47H18BF20NO3. The number of fused-ring (bicyclic) bond motifs is 1. The Morgan fingerprint density at radius 3 is 1.14 bits per heavy atom. The van der Waals surface area contributed by atoms with Crippen molar-refractivity contribution in [3.63, 3.8) is 0 Å². The fourth-order valence-electron chi connectivity index (χ4n) is 7.93. The lowest BCUT2D eigenvalue weighted by Gasteiger charge is -2.44. The van der Waals surface area contributed by atoms with E-state index in [4.69, 9.17) is 4.74 Å². The van der Waals surface area contributed by atoms with Gasteiger partial charge < -0.3 is 9.84 Å². The highest BCUT2D eigenvalue weighted by Crippen LogP contribution is 2.32. The number of hydrogen-bond acceptors (Lipinski definition) is 2. The third-order valence-electron chi connectivity index (χ3n) is 11.1. The highest BCUT2D eigenvalue weighted by Gasteiger charge is 2.52. The van der Waals surface area contributed by atoms with Crippen molar-refractivity contribution < 1.29 is 107 Å². The van der Waals surface area contributed by atoms with Crippen molar-refractivity contribution in [2.24, 2.45) is 0 Å². The minimum atomic E-state index is -7.22. The Labute approximate surface area is 388 Å². The van der Waals surface area contributed by atoms with Crippen LogP contribution in [0.25, 0.3) is 10.8 Å². The summed E-state index contributed by atoms with van der Waals surface area (Å²) in [5, 5.41) is 11.3. The number of carboxylic acids is 1. The van der Waals surface area contributed by atoms with Gasteiger partial charge in [0.1, 0.15) is 58.4 Å². The first-order chi connectivity index (χ1) is 33.9. The Kier molecular flexibility index (Phi) is 14.1. The zero-order valence-corrected chi connectivity index (χ0v) is 34.7. The number of carbonyl (C=O) groups is 1. The van der Waals surface area contributed by atoms with Crippen LogP contribution in [-0.4, -0.2) is 17.2 Å². The standard InChI is InChI=1S/C24BF20.C23H17NO3/c26-5-1(6(27)14(35)21(42)13(5)34)25(2-7(28)15(36)22(43)16(37)8(2)29,3-9(30)17(38)23(44)18(39)10(3)31)4-11(32)19(40)24(45)20(41)12(4)33;25-23(26)19-10-6-11-20(15-19)27-22-21-12-5-4-9-18(21)13-14-24(22)16-17-7-2-1-3-8-17/h;1-15H,16H2/q-1;/p+1. The number of aromatic nitrogens is 1. The lowest BCUT2D eigenvalue weighted by molar-refractivity contribution is -0.691. The van der Waals surface area contributed by atoms with Gasteiger partial charge in [-0.3, -0.25) is 0 Å². The second kappa shape index (κ2) is 19.6. The van der Waals surface area contributed by atoms with Crippen molar-refractivity contribution in [2.45, 2.75) is 6.54 Å². The van der Waals surface area contributed by atoms with Gasteiger partial charge in [-0.2, -0.15) is 4.57 Å². The van der Waals surface area contributed by atoms with Gasteiger partial charge in [-0.15, -0.1) is 21.9 Å². The molecule has 0 aliphatic carbocycles. The van der Waals surface area contributed by atoms with Crippen LogP contribution in [0.2, 0.25) is 0 Å². The number of carboxylic acid groups (broad SMARTS) is 1. The van der Waals surface area contributed by atoms with E-state index in [9.17, 15) is 62.6 Å². The molecule has 0 aliphatic heterocycles. The molecule has 8 rings (SSSR count). The van der Waals surface area contributed by atoms with Crippen LogP contribution < -0.4 is 31.2 Å². The molecule has 0 saturated carbocycles. The normalized spacial score (nSPS) is 11.5. The van der Waals surface area contributed by atoms with E-state index < -0.39 is 150 Å². The molecule has 1 aromatic heterocycles. The Morgan fingerprint density at radius 2 is 0.764 bits per heavy atom. The summed E-state index contributed by atoms with van der Waals surface area (Å²) in [5.41, 5.74) is -13.0. The molecule has 8 aromatic rings. The summed E-state index contributed by atoms with van der Waals surface area (Å²) in [6, 6.07) is 26.7. The summed E-state index contributed by atoms with van der Waals surface area (Å²) in [6.45, 7) is 0.652. The lowest BCUT2D eigenvalue weighted by atomic mass is 9.12. The summed E-state index contributed by atoms with van der Waals surface area (Å²) in [4.78, 5) is 11.3. The molecule has 4 nitrogen and oxygen atoms in total. The van der Waals surface area contributed by atoms with Crippen molar-refractivity contribution in [3.8, 4) is 11.6 Å². The van der Waals surface area contributed by atoms with Gasteiger partial charge in [0, 0.05) is 11.6 Å². The number of benzene rings is 7. The molecule has 0 spiro atoms. The maximum Gasteiger partial charge on any atom is 0.381 e. The van der Waals surface area contributed by atoms with Crippen molar-refractivity contribution in [3.05, 3.63) is 219 Å². The zero-order valence-electron chi connectivity index (χ0n) is 34.7. The van der Waals surface area contributed by atoms with E-state index in [1.54, 1.807) is 18.2 Å². The van der Waals surface area contributed by atoms with Gasteiger partial charge in [-0.1, -0.05) is 54.6 Å². The number of rotatable bonds is 9. The highest BCUT2D eigenvalue weighted by molar-refractivity contribution is 7.20. The number of pyridine rings is 1. The quantitative estimate of drug-likeness (QED) is 0.0515. The maximum atomic E-state index is 15.4. The summed E-state index contributed by atoms with van der Waals surface area (Å²) in [5.74, 6) is -71.2. The maximum absolute atomic E-state index is 15.4. The molecule has 0 fully saturated rings. The number of aromatic carboxylic acids is 1. The zero-order chi connectivity index (χ0) is 53.0. The van der Waals surface area contributed by atoms with Crippen LogP contribution in [0, 0.1) is 116 Å². The molecule has 1 heterocycles. The van der Waals surface area contributed by atoms with Crippen LogP contribution in [0.3, 0.4) is 0 Å². The Morgan fingerprint density at radius 1 is 0.417 bits per heavy atom. The van der Waals surface area contributed by atoms with Crippen molar-refractivity contribution in [1.29, 1.82) is 0 Å². The number of hydrogen-bond donors (Lipinski definition) is 1. The first-order valence-electron chi connectivity index (χ1n) is 19.6. The van der Waals surface area contributed by atoms with Crippen LogP contribution in [0.1, 0.15) is 15.9 Å². The van der Waals surface area contributed by atoms with Gasteiger partial charge in [-0.25, -0.2) is 92.6 Å². The van der Waals surface area contributed by atoms with E-state index in [2.05, 4.69) is 18.2 Å². The molecular weight excluding hydrogens is 1020 g/mol. The van der Waals surface area contributed by atoms with E-state index >= 15 is 35.1 Å². The second-order valence-corrected chi connectivity index (χ2v) is 15.1. The van der Waals surface area contributed by atoms with Crippen molar-refractivity contribution >= 4 is 44.7 Å². The minimum Gasteiger partial charge on any atom is -0.478 e. The second-order valence-electron chi connectivity index (χ2n) is 15.1. The summed E-state index contributed by atoms with van der Waals surface area (Å²) in [7, 11) is 0. The topological polar surface area (TPSA) is 50.4 Å². The van der Waals surface area contributed by atoms with E-state index in [0.717, 1.165) is 16.3 Å². The van der Waals surface area contributed by atoms with Gasteiger partial charge in [0.25, 0.3) is 0 Å². The fraction of sp³-hybridized carbons (Fsp3) is 0.0213. The van der Waals surface area contributed by atoms with E-state index in [-0.39, 0.29) is 5.56 Å². The predicted octanol–water partition coefficient (Wildman–Crippen LogP) is 10.5. The monoisotopic (exact) mass is 1040 g/mol. The minimum absolute atomic E-state index is 0.197. The van der Waals surface area contributed by atoms with Crippen LogP contribution >= 0.6 is 0 Å².